The number of nitrogens with zero attached hydrogens (tertiary/aromatic N) is 3. The maximum Gasteiger partial charge on any atom is 0.881 e. The van der Waals surface area contributed by atoms with Crippen LogP contribution in [0.2, 0.25) is 0 Å². The summed E-state index contributed by atoms with van der Waals surface area (Å²) < 4.78 is 11.8. The van der Waals surface area contributed by atoms with Crippen molar-refractivity contribution in [3.05, 3.63) is 109 Å². The Hall–Kier alpha value is -3.92. The van der Waals surface area contributed by atoms with E-state index >= 15 is 0 Å². The van der Waals surface area contributed by atoms with Gasteiger partial charge in [0.15, 0.2) is 0 Å². The molecule has 2 aliphatic rings. The Morgan fingerprint density at radius 1 is 0.765 bits per heavy atom. The number of phenols is 1. The molecule has 6 nitrogen and oxygen atoms in total. The molecule has 0 fully saturated rings. The van der Waals surface area contributed by atoms with Gasteiger partial charge in [0, 0.05) is 35.3 Å². The molecule has 1 radical (unpaired) electrons. The van der Waals surface area contributed by atoms with Gasteiger partial charge in [0.1, 0.15) is 28.6 Å². The van der Waals surface area contributed by atoms with E-state index in [0.29, 0.717) is 5.52 Å². The minimum absolute atomic E-state index is 0.0340. The summed E-state index contributed by atoms with van der Waals surface area (Å²) in [6.07, 6.45) is 15.5. The number of aromatic nitrogens is 2. The van der Waals surface area contributed by atoms with Gasteiger partial charge in [-0.15, -0.1) is 0 Å². The van der Waals surface area contributed by atoms with Gasteiger partial charge < -0.3 is 12.7 Å². The van der Waals surface area contributed by atoms with Gasteiger partial charge in [0.05, 0.1) is 5.76 Å². The average molecular weight is 462 g/mol. The predicted molar refractivity (Wildman–Crippen MR) is 135 cm³/mol. The van der Waals surface area contributed by atoms with Crippen LogP contribution in [0.15, 0.2) is 114 Å². The van der Waals surface area contributed by atoms with Gasteiger partial charge >= 0.3 is 15.9 Å². The normalized spacial score (nSPS) is 17.9. The highest BCUT2D eigenvalue weighted by Gasteiger charge is 2.26. The summed E-state index contributed by atoms with van der Waals surface area (Å²) in [5.41, 5.74) is 1.52. The maximum absolute atomic E-state index is 9.31. The molecule has 2 aromatic heterocycles. The molecule has 1 aliphatic heterocycles. The maximum atomic E-state index is 9.31. The van der Waals surface area contributed by atoms with Crippen LogP contribution in [0.4, 0.5) is 0 Å². The molecule has 3 heterocycles. The number of phenolic OH excluding ortho intramolecular Hbond substituents is 1. The Kier molecular flexibility index (Phi) is 6.67. The van der Waals surface area contributed by atoms with Gasteiger partial charge in [-0.25, -0.2) is 0 Å². The number of rotatable bonds is 4. The summed E-state index contributed by atoms with van der Waals surface area (Å²) in [5, 5.41) is 11.3. The third kappa shape index (κ3) is 4.86. The van der Waals surface area contributed by atoms with Crippen molar-refractivity contribution in [3.63, 3.8) is 0 Å². The molecule has 0 saturated heterocycles. The van der Waals surface area contributed by atoms with E-state index in [1.165, 1.54) is 0 Å². The van der Waals surface area contributed by atoms with Crippen LogP contribution >= 0.6 is 0 Å². The number of para-hydroxylation sites is 2. The zero-order valence-electron chi connectivity index (χ0n) is 18.2. The van der Waals surface area contributed by atoms with E-state index in [1.807, 2.05) is 73.0 Å². The van der Waals surface area contributed by atoms with E-state index in [1.54, 1.807) is 24.5 Å². The lowest BCUT2D eigenvalue weighted by molar-refractivity contribution is 0.334. The Labute approximate surface area is 204 Å². The first-order valence-electron chi connectivity index (χ1n) is 10.9. The van der Waals surface area contributed by atoms with Crippen LogP contribution in [0.1, 0.15) is 0 Å². The Balaban J connectivity index is 0.000000183. The summed E-state index contributed by atoms with van der Waals surface area (Å²) in [6, 6.07) is 19.0. The van der Waals surface area contributed by atoms with Crippen molar-refractivity contribution in [3.8, 4) is 11.5 Å². The van der Waals surface area contributed by atoms with Crippen molar-refractivity contribution < 1.29 is 12.7 Å². The number of hydrogen-bond donors (Lipinski definition) is 1. The zero-order valence-corrected chi connectivity index (χ0v) is 19.4. The molecule has 34 heavy (non-hydrogen) atoms. The standard InChI is InChI=1S/C9H9NO.2C9H7NO.Al/c3*11-8-5-1-3-7-4-2-6-10-9(7)8;/h1-7,9,11H;2*1-6,11H;/q;;;+2/p-2. The third-order valence-corrected chi connectivity index (χ3v) is 6.20. The summed E-state index contributed by atoms with van der Waals surface area (Å²) in [5.74, 6) is 2.14. The molecule has 0 saturated carbocycles. The van der Waals surface area contributed by atoms with Gasteiger partial charge in [0.25, 0.3) is 0 Å². The average Bonchev–Trinajstić information content (AvgIpc) is 2.90. The molecule has 2 unspecified atom stereocenters. The lowest BCUT2D eigenvalue weighted by Gasteiger charge is -2.26. The highest BCUT2D eigenvalue weighted by atomic mass is 27.2. The predicted octanol–water partition coefficient (Wildman–Crippen LogP) is 5.18. The Morgan fingerprint density at radius 3 is 2.29 bits per heavy atom. The summed E-state index contributed by atoms with van der Waals surface area (Å²) >= 11 is -0.670. The van der Waals surface area contributed by atoms with Gasteiger partial charge in [0.2, 0.25) is 0 Å². The van der Waals surface area contributed by atoms with E-state index in [9.17, 15) is 5.11 Å². The van der Waals surface area contributed by atoms with Crippen molar-refractivity contribution in [1.29, 1.82) is 0 Å². The molecule has 0 bridgehead atoms. The van der Waals surface area contributed by atoms with E-state index in [2.05, 4.69) is 27.1 Å². The number of aliphatic imine (C=N–C) groups is 1. The molecule has 7 heteroatoms. The fourth-order valence-electron chi connectivity index (χ4n) is 3.83. The summed E-state index contributed by atoms with van der Waals surface area (Å²) in [4.78, 5) is 12.9. The quantitative estimate of drug-likeness (QED) is 0.423. The van der Waals surface area contributed by atoms with Crippen molar-refractivity contribution in [2.75, 3.05) is 0 Å². The highest BCUT2D eigenvalue weighted by molar-refractivity contribution is 6.20. The Morgan fingerprint density at radius 2 is 1.47 bits per heavy atom. The second-order valence-corrected chi connectivity index (χ2v) is 8.34. The zero-order chi connectivity index (χ0) is 23.2. The molecule has 0 amide bonds. The van der Waals surface area contributed by atoms with Crippen LogP contribution < -0.4 is 3.79 Å². The van der Waals surface area contributed by atoms with E-state index in [0.717, 1.165) is 27.8 Å². The first-order valence-corrected chi connectivity index (χ1v) is 11.8. The van der Waals surface area contributed by atoms with Gasteiger partial charge in [-0.2, -0.15) is 0 Å². The minimum Gasteiger partial charge on any atom is -0.617 e. The van der Waals surface area contributed by atoms with Crippen LogP contribution in [-0.2, 0) is 3.79 Å². The van der Waals surface area contributed by atoms with Crippen LogP contribution in [-0.4, -0.2) is 43.2 Å². The number of pyridine rings is 2. The van der Waals surface area contributed by atoms with Crippen molar-refractivity contribution in [2.45, 2.75) is 6.04 Å². The number of hydrogen-bond acceptors (Lipinski definition) is 6. The molecule has 0 spiro atoms. The fraction of sp³-hybridized carbons (Fsp3) is 0.0741. The van der Waals surface area contributed by atoms with Gasteiger partial charge in [-0.3, -0.25) is 15.0 Å². The van der Waals surface area contributed by atoms with E-state index in [4.69, 9.17) is 7.58 Å². The second kappa shape index (κ2) is 10.3. The second-order valence-electron chi connectivity index (χ2n) is 7.67. The molecule has 2 atom stereocenters. The molecule has 165 valence electrons. The molecule has 6 rings (SSSR count). The molecular formula is C27H21AlN3O3. The summed E-state index contributed by atoms with van der Waals surface area (Å²) in [7, 11) is 0. The number of aromatic hydroxyl groups is 1. The number of benzene rings is 2. The SMILES string of the molecule is C1=CC2C=CC=C([O][Al][O]c3cccc4cccnc34)C2N=C1.Oc1cccc2cccnc12. The molecule has 1 N–H and O–H groups in total. The van der Waals surface area contributed by atoms with E-state index < -0.39 is 15.9 Å². The lowest BCUT2D eigenvalue weighted by Crippen LogP contribution is -2.25. The Bertz CT molecular complexity index is 1420. The number of fused-ring (bicyclic) bond motifs is 3. The smallest absolute Gasteiger partial charge is 0.617 e. The summed E-state index contributed by atoms with van der Waals surface area (Å²) in [6.45, 7) is 0. The van der Waals surface area contributed by atoms with Crippen LogP contribution in [0.3, 0.4) is 0 Å². The molecule has 4 aromatic rings. The van der Waals surface area contributed by atoms with E-state index in [-0.39, 0.29) is 17.7 Å². The van der Waals surface area contributed by atoms with Crippen molar-refractivity contribution in [1.82, 2.24) is 9.97 Å². The van der Waals surface area contributed by atoms with Crippen molar-refractivity contribution in [2.24, 2.45) is 10.9 Å². The topological polar surface area (TPSA) is 76.8 Å². The van der Waals surface area contributed by atoms with Crippen molar-refractivity contribution >= 4 is 43.9 Å². The molecule has 2 aromatic carbocycles. The lowest BCUT2D eigenvalue weighted by atomic mass is 9.92. The molecule has 1 aliphatic carbocycles. The van der Waals surface area contributed by atoms with Gasteiger partial charge in [-0.05, 0) is 36.4 Å². The van der Waals surface area contributed by atoms with Crippen LogP contribution in [0.5, 0.6) is 11.5 Å². The minimum atomic E-state index is -0.670. The third-order valence-electron chi connectivity index (χ3n) is 5.48. The fourth-order valence-corrected chi connectivity index (χ4v) is 4.51. The monoisotopic (exact) mass is 462 g/mol. The first-order chi connectivity index (χ1) is 16.8. The first kappa shape index (κ1) is 21.9. The van der Waals surface area contributed by atoms with Crippen LogP contribution in [0.25, 0.3) is 21.8 Å². The van der Waals surface area contributed by atoms with Gasteiger partial charge in [-0.1, -0.05) is 54.6 Å². The highest BCUT2D eigenvalue weighted by Crippen LogP contribution is 2.27. The number of allylic oxidation sites excluding steroid dienone is 3. The number of dihydropyridines is 1. The molecular weight excluding hydrogens is 441 g/mol. The largest absolute Gasteiger partial charge is 0.881 e. The van der Waals surface area contributed by atoms with Crippen LogP contribution in [0, 0.1) is 5.92 Å².